The Kier molecular flexibility index (Phi) is 4.68. The van der Waals surface area contributed by atoms with Gasteiger partial charge in [-0.1, -0.05) is 28.9 Å². The quantitative estimate of drug-likeness (QED) is 0.552. The Bertz CT molecular complexity index is 995. The Balaban J connectivity index is 1.82. The van der Waals surface area contributed by atoms with Gasteiger partial charge in [0, 0.05) is 17.7 Å². The molecule has 3 rings (SSSR count). The van der Waals surface area contributed by atoms with Gasteiger partial charge in [0.15, 0.2) is 5.82 Å². The SMILES string of the molecule is Cc1cc(NC(=O)/C(C#N)=C\c2ccc(-c3ccccc3Cl)o2)no1. The van der Waals surface area contributed by atoms with Gasteiger partial charge in [-0.2, -0.15) is 5.26 Å². The summed E-state index contributed by atoms with van der Waals surface area (Å²) in [5.41, 5.74) is 0.602. The molecule has 0 bridgehead atoms. The molecule has 0 atom stereocenters. The van der Waals surface area contributed by atoms with Crippen molar-refractivity contribution in [2.45, 2.75) is 6.92 Å². The zero-order valence-electron chi connectivity index (χ0n) is 13.1. The Labute approximate surface area is 148 Å². The van der Waals surface area contributed by atoms with Gasteiger partial charge in [-0.25, -0.2) is 0 Å². The molecule has 25 heavy (non-hydrogen) atoms. The fourth-order valence-electron chi connectivity index (χ4n) is 2.14. The van der Waals surface area contributed by atoms with E-state index in [-0.39, 0.29) is 11.4 Å². The standard InChI is InChI=1S/C18H12ClN3O3/c1-11-8-17(22-25-11)21-18(23)12(10-20)9-13-6-7-16(24-13)14-4-2-3-5-15(14)19/h2-9H,1H3,(H,21,22,23)/b12-9-. The molecule has 0 aliphatic carbocycles. The second kappa shape index (κ2) is 7.07. The minimum atomic E-state index is -0.605. The third-order valence-electron chi connectivity index (χ3n) is 3.29. The van der Waals surface area contributed by atoms with Crippen LogP contribution in [0.4, 0.5) is 5.82 Å². The average Bonchev–Trinajstić information content (AvgIpc) is 3.22. The lowest BCUT2D eigenvalue weighted by Gasteiger charge is -2.00. The summed E-state index contributed by atoms with van der Waals surface area (Å²) in [6, 6.07) is 14.0. The number of rotatable bonds is 4. The summed E-state index contributed by atoms with van der Waals surface area (Å²) in [4.78, 5) is 12.1. The molecule has 1 aromatic carbocycles. The van der Waals surface area contributed by atoms with E-state index >= 15 is 0 Å². The first kappa shape index (κ1) is 16.6. The lowest BCUT2D eigenvalue weighted by Crippen LogP contribution is -2.13. The predicted octanol–water partition coefficient (Wildman–Crippen LogP) is 4.44. The average molecular weight is 354 g/mol. The van der Waals surface area contributed by atoms with Crippen LogP contribution in [0.1, 0.15) is 11.5 Å². The van der Waals surface area contributed by atoms with Crippen molar-refractivity contribution >= 4 is 29.4 Å². The van der Waals surface area contributed by atoms with Crippen molar-refractivity contribution in [2.24, 2.45) is 0 Å². The highest BCUT2D eigenvalue weighted by atomic mass is 35.5. The Hall–Kier alpha value is -3.30. The van der Waals surface area contributed by atoms with Crippen molar-refractivity contribution in [3.63, 3.8) is 0 Å². The first-order valence-corrected chi connectivity index (χ1v) is 7.66. The molecule has 0 radical (unpaired) electrons. The van der Waals surface area contributed by atoms with Crippen LogP contribution in [0.2, 0.25) is 5.02 Å². The fourth-order valence-corrected chi connectivity index (χ4v) is 2.36. The Morgan fingerprint density at radius 1 is 1.32 bits per heavy atom. The van der Waals surface area contributed by atoms with Crippen LogP contribution in [0.3, 0.4) is 0 Å². The van der Waals surface area contributed by atoms with Gasteiger partial charge in [0.05, 0.1) is 5.02 Å². The van der Waals surface area contributed by atoms with Crippen LogP contribution in [-0.2, 0) is 4.79 Å². The molecule has 7 heteroatoms. The van der Waals surface area contributed by atoms with E-state index in [1.54, 1.807) is 31.2 Å². The molecule has 124 valence electrons. The van der Waals surface area contributed by atoms with Gasteiger partial charge in [-0.15, -0.1) is 0 Å². The van der Waals surface area contributed by atoms with Crippen molar-refractivity contribution in [3.8, 4) is 17.4 Å². The number of carbonyl (C=O) groups excluding carboxylic acids is 1. The molecular weight excluding hydrogens is 342 g/mol. The lowest BCUT2D eigenvalue weighted by atomic mass is 10.2. The number of aryl methyl sites for hydroxylation is 1. The van der Waals surface area contributed by atoms with Crippen LogP contribution >= 0.6 is 11.6 Å². The summed E-state index contributed by atoms with van der Waals surface area (Å²) >= 11 is 6.14. The molecule has 0 aliphatic rings. The summed E-state index contributed by atoms with van der Waals surface area (Å²) < 4.78 is 10.5. The number of carbonyl (C=O) groups is 1. The summed E-state index contributed by atoms with van der Waals surface area (Å²) in [6.07, 6.45) is 1.35. The second-order valence-electron chi connectivity index (χ2n) is 5.13. The summed E-state index contributed by atoms with van der Waals surface area (Å²) in [5, 5.41) is 15.9. The van der Waals surface area contributed by atoms with Crippen molar-refractivity contribution in [3.05, 3.63) is 64.6 Å². The van der Waals surface area contributed by atoms with Crippen LogP contribution in [0.25, 0.3) is 17.4 Å². The molecule has 0 fully saturated rings. The summed E-state index contributed by atoms with van der Waals surface area (Å²) in [7, 11) is 0. The van der Waals surface area contributed by atoms with Gasteiger partial charge < -0.3 is 14.3 Å². The maximum Gasteiger partial charge on any atom is 0.267 e. The zero-order valence-corrected chi connectivity index (χ0v) is 13.9. The number of amides is 1. The van der Waals surface area contributed by atoms with Gasteiger partial charge in [0.2, 0.25) is 0 Å². The Morgan fingerprint density at radius 2 is 2.12 bits per heavy atom. The number of benzene rings is 1. The molecule has 2 aromatic heterocycles. The number of nitriles is 1. The van der Waals surface area contributed by atoms with E-state index in [0.29, 0.717) is 22.3 Å². The molecule has 0 spiro atoms. The molecule has 0 aliphatic heterocycles. The van der Waals surface area contributed by atoms with Crippen molar-refractivity contribution in [2.75, 3.05) is 5.32 Å². The fraction of sp³-hybridized carbons (Fsp3) is 0.0556. The van der Waals surface area contributed by atoms with E-state index in [1.165, 1.54) is 6.08 Å². The molecule has 1 amide bonds. The van der Waals surface area contributed by atoms with Crippen molar-refractivity contribution < 1.29 is 13.7 Å². The topological polar surface area (TPSA) is 92.1 Å². The highest BCUT2D eigenvalue weighted by molar-refractivity contribution is 6.33. The number of furan rings is 1. The molecular formula is C18H12ClN3O3. The first-order valence-electron chi connectivity index (χ1n) is 7.28. The first-order chi connectivity index (χ1) is 12.1. The van der Waals surface area contributed by atoms with Gasteiger partial charge in [-0.3, -0.25) is 4.79 Å². The lowest BCUT2D eigenvalue weighted by molar-refractivity contribution is -0.112. The molecule has 0 saturated heterocycles. The van der Waals surface area contributed by atoms with Crippen LogP contribution in [0.5, 0.6) is 0 Å². The molecule has 1 N–H and O–H groups in total. The van der Waals surface area contributed by atoms with Crippen LogP contribution in [0, 0.1) is 18.3 Å². The number of halogens is 1. The molecule has 0 saturated carbocycles. The van der Waals surface area contributed by atoms with E-state index < -0.39 is 5.91 Å². The molecule has 2 heterocycles. The molecule has 6 nitrogen and oxygen atoms in total. The van der Waals surface area contributed by atoms with Gasteiger partial charge >= 0.3 is 0 Å². The maximum absolute atomic E-state index is 12.1. The number of hydrogen-bond acceptors (Lipinski definition) is 5. The monoisotopic (exact) mass is 353 g/mol. The zero-order chi connectivity index (χ0) is 17.8. The smallest absolute Gasteiger partial charge is 0.267 e. The van der Waals surface area contributed by atoms with E-state index in [4.69, 9.17) is 20.5 Å². The highest BCUT2D eigenvalue weighted by Crippen LogP contribution is 2.29. The van der Waals surface area contributed by atoms with Crippen molar-refractivity contribution in [1.29, 1.82) is 5.26 Å². The molecule has 3 aromatic rings. The highest BCUT2D eigenvalue weighted by Gasteiger charge is 2.13. The second-order valence-corrected chi connectivity index (χ2v) is 5.54. The third kappa shape index (κ3) is 3.79. The van der Waals surface area contributed by atoms with E-state index in [9.17, 15) is 10.1 Å². The van der Waals surface area contributed by atoms with Gasteiger partial charge in [0.25, 0.3) is 5.91 Å². The minimum Gasteiger partial charge on any atom is -0.457 e. The van der Waals surface area contributed by atoms with Gasteiger partial charge in [-0.05, 0) is 31.2 Å². The Morgan fingerprint density at radius 3 is 2.80 bits per heavy atom. The summed E-state index contributed by atoms with van der Waals surface area (Å²) in [5.74, 6) is 1.08. The van der Waals surface area contributed by atoms with Crippen molar-refractivity contribution in [1.82, 2.24) is 5.16 Å². The largest absolute Gasteiger partial charge is 0.457 e. The van der Waals surface area contributed by atoms with E-state index in [2.05, 4.69) is 10.5 Å². The predicted molar refractivity (Wildman–Crippen MR) is 92.6 cm³/mol. The van der Waals surface area contributed by atoms with E-state index in [0.717, 1.165) is 5.56 Å². The number of nitrogens with one attached hydrogen (secondary N) is 1. The normalized spacial score (nSPS) is 11.2. The maximum atomic E-state index is 12.1. The third-order valence-corrected chi connectivity index (χ3v) is 3.62. The number of aromatic nitrogens is 1. The molecule has 0 unspecified atom stereocenters. The van der Waals surface area contributed by atoms with Gasteiger partial charge in [0.1, 0.15) is 28.9 Å². The van der Waals surface area contributed by atoms with Crippen LogP contribution in [0.15, 0.2) is 57.0 Å². The van der Waals surface area contributed by atoms with E-state index in [1.807, 2.05) is 24.3 Å². The number of hydrogen-bond donors (Lipinski definition) is 1. The number of anilines is 1. The minimum absolute atomic E-state index is 0.124. The summed E-state index contributed by atoms with van der Waals surface area (Å²) in [6.45, 7) is 1.70. The van der Waals surface area contributed by atoms with Crippen LogP contribution < -0.4 is 5.32 Å². The number of nitrogens with zero attached hydrogens (tertiary/aromatic N) is 2. The van der Waals surface area contributed by atoms with Crippen LogP contribution in [-0.4, -0.2) is 11.1 Å².